The van der Waals surface area contributed by atoms with E-state index >= 15 is 0 Å². The minimum atomic E-state index is -0.287. The summed E-state index contributed by atoms with van der Waals surface area (Å²) < 4.78 is 11.1. The van der Waals surface area contributed by atoms with Gasteiger partial charge in [0.1, 0.15) is 0 Å². The maximum absolute atomic E-state index is 11.8. The van der Waals surface area contributed by atoms with Crippen molar-refractivity contribution in [3.05, 3.63) is 47.0 Å². The normalized spacial score (nSPS) is 13.8. The Morgan fingerprint density at radius 1 is 0.935 bits per heavy atom. The fourth-order valence-electron chi connectivity index (χ4n) is 1.76. The van der Waals surface area contributed by atoms with Crippen LogP contribution in [0, 0.1) is 11.8 Å². The highest BCUT2D eigenvalue weighted by Gasteiger charge is 2.23. The van der Waals surface area contributed by atoms with Crippen molar-refractivity contribution in [2.75, 3.05) is 6.61 Å². The van der Waals surface area contributed by atoms with E-state index in [2.05, 4.69) is 59.8 Å². The molecule has 179 valence electrons. The first-order valence-corrected chi connectivity index (χ1v) is 12.0. The molecule has 1 atom stereocenters. The number of hydrogen-bond acceptors (Lipinski definition) is 3. The van der Waals surface area contributed by atoms with Crippen LogP contribution in [-0.4, -0.2) is 25.7 Å². The SMILES string of the molecule is CC.CC.CCOC(=O)/C(C)=C/C=C(C)/C([B]OC(C)(C)C(C)C)=C\C=C/C(C)CC. The Kier molecular flexibility index (Phi) is 22.4. The number of carbonyl (C=O) groups is 1. The van der Waals surface area contributed by atoms with Crippen LogP contribution in [0.3, 0.4) is 0 Å². The van der Waals surface area contributed by atoms with Crippen LogP contribution in [-0.2, 0) is 14.2 Å². The number of allylic oxidation sites excluding steroid dienone is 7. The first-order valence-electron chi connectivity index (χ1n) is 12.0. The minimum Gasteiger partial charge on any atom is -0.463 e. The Labute approximate surface area is 195 Å². The molecule has 0 aliphatic rings. The third-order valence-electron chi connectivity index (χ3n) is 4.88. The Morgan fingerprint density at radius 3 is 1.90 bits per heavy atom. The molecule has 4 heteroatoms. The summed E-state index contributed by atoms with van der Waals surface area (Å²) in [5.74, 6) is 0.636. The van der Waals surface area contributed by atoms with Crippen molar-refractivity contribution in [3.8, 4) is 0 Å². The lowest BCUT2D eigenvalue weighted by Crippen LogP contribution is -2.33. The van der Waals surface area contributed by atoms with E-state index in [1.165, 1.54) is 0 Å². The van der Waals surface area contributed by atoms with E-state index in [9.17, 15) is 4.79 Å². The quantitative estimate of drug-likeness (QED) is 0.143. The van der Waals surface area contributed by atoms with Gasteiger partial charge in [-0.2, -0.15) is 0 Å². The van der Waals surface area contributed by atoms with Gasteiger partial charge in [-0.1, -0.05) is 103 Å². The highest BCUT2D eigenvalue weighted by Crippen LogP contribution is 2.22. The van der Waals surface area contributed by atoms with E-state index in [1.54, 1.807) is 19.9 Å². The van der Waals surface area contributed by atoms with Crippen LogP contribution in [0.2, 0.25) is 0 Å². The molecular formula is C27H50BO3. The molecule has 0 aliphatic carbocycles. The molecule has 0 aromatic rings. The lowest BCUT2D eigenvalue weighted by atomic mass is 9.79. The van der Waals surface area contributed by atoms with Crippen molar-refractivity contribution in [1.82, 2.24) is 0 Å². The number of esters is 1. The number of ether oxygens (including phenoxy) is 1. The summed E-state index contributed by atoms with van der Waals surface area (Å²) in [4.78, 5) is 11.8. The number of rotatable bonds is 11. The fraction of sp³-hybridized carbons (Fsp3) is 0.667. The van der Waals surface area contributed by atoms with Gasteiger partial charge >= 0.3 is 13.5 Å². The predicted octanol–water partition coefficient (Wildman–Crippen LogP) is 8.05. The molecule has 1 radical (unpaired) electrons. The molecule has 0 saturated carbocycles. The van der Waals surface area contributed by atoms with Gasteiger partial charge in [0.15, 0.2) is 0 Å². The van der Waals surface area contributed by atoms with Crippen LogP contribution in [0.15, 0.2) is 47.0 Å². The summed E-state index contributed by atoms with van der Waals surface area (Å²) in [5, 5.41) is 0. The van der Waals surface area contributed by atoms with E-state index in [-0.39, 0.29) is 11.6 Å². The second-order valence-electron chi connectivity index (χ2n) is 7.81. The molecule has 0 saturated heterocycles. The van der Waals surface area contributed by atoms with E-state index < -0.39 is 0 Å². The van der Waals surface area contributed by atoms with E-state index in [1.807, 2.05) is 48.2 Å². The van der Waals surface area contributed by atoms with Crippen molar-refractivity contribution < 1.29 is 14.2 Å². The zero-order valence-electron chi connectivity index (χ0n) is 22.8. The molecular weight excluding hydrogens is 383 g/mol. The van der Waals surface area contributed by atoms with Crippen LogP contribution in [0.4, 0.5) is 0 Å². The molecule has 0 fully saturated rings. The highest BCUT2D eigenvalue weighted by molar-refractivity contribution is 6.40. The Balaban J connectivity index is -0.00000184. The maximum atomic E-state index is 11.8. The standard InChI is InChI=1S/C23H38BO3.2C2H6/c1-10-18(5)13-12-14-21(24-27-23(8,9)17(3)4)19(6)15-16-20(7)22(25)26-11-2;2*1-2/h12-18H,10-11H2,1-9H3;2*1-2H3/b13-12-,19-15+,20-16+,21-14+;;. The summed E-state index contributed by atoms with van der Waals surface area (Å²) in [6.07, 6.45) is 11.1. The van der Waals surface area contributed by atoms with Crippen molar-refractivity contribution >= 4 is 13.5 Å². The average Bonchev–Trinajstić information content (AvgIpc) is 2.76. The summed E-state index contributed by atoms with van der Waals surface area (Å²) in [7, 11) is 1.82. The van der Waals surface area contributed by atoms with Crippen molar-refractivity contribution in [2.24, 2.45) is 11.8 Å². The Hall–Kier alpha value is -1.55. The molecule has 0 aromatic carbocycles. The first-order chi connectivity index (χ1) is 14.5. The molecule has 0 amide bonds. The lowest BCUT2D eigenvalue weighted by Gasteiger charge is -2.30. The molecule has 0 aliphatic heterocycles. The largest absolute Gasteiger partial charge is 0.463 e. The molecule has 0 bridgehead atoms. The minimum absolute atomic E-state index is 0.253. The molecule has 0 N–H and O–H groups in total. The van der Waals surface area contributed by atoms with Crippen LogP contribution >= 0.6 is 0 Å². The molecule has 31 heavy (non-hydrogen) atoms. The van der Waals surface area contributed by atoms with Crippen LogP contribution in [0.25, 0.3) is 0 Å². The Morgan fingerprint density at radius 2 is 1.45 bits per heavy atom. The van der Waals surface area contributed by atoms with Gasteiger partial charge in [-0.3, -0.25) is 0 Å². The van der Waals surface area contributed by atoms with E-state index in [4.69, 9.17) is 9.39 Å². The first kappa shape index (κ1) is 34.1. The smallest absolute Gasteiger partial charge is 0.333 e. The molecule has 0 rings (SSSR count). The van der Waals surface area contributed by atoms with Crippen molar-refractivity contribution in [1.29, 1.82) is 0 Å². The van der Waals surface area contributed by atoms with Gasteiger partial charge in [-0.25, -0.2) is 4.79 Å². The van der Waals surface area contributed by atoms with Gasteiger partial charge in [-0.05, 0) is 46.5 Å². The van der Waals surface area contributed by atoms with Gasteiger partial charge in [0.2, 0.25) is 0 Å². The van der Waals surface area contributed by atoms with Gasteiger partial charge in [0.25, 0.3) is 0 Å². The molecule has 3 nitrogen and oxygen atoms in total. The topological polar surface area (TPSA) is 35.5 Å². The van der Waals surface area contributed by atoms with Crippen LogP contribution < -0.4 is 0 Å². The van der Waals surface area contributed by atoms with Crippen LogP contribution in [0.5, 0.6) is 0 Å². The third kappa shape index (κ3) is 16.8. The molecule has 0 spiro atoms. The maximum Gasteiger partial charge on any atom is 0.333 e. The molecule has 0 heterocycles. The summed E-state index contributed by atoms with van der Waals surface area (Å²) in [6, 6.07) is 0. The fourth-order valence-corrected chi connectivity index (χ4v) is 1.76. The summed E-state index contributed by atoms with van der Waals surface area (Å²) >= 11 is 0. The van der Waals surface area contributed by atoms with Gasteiger partial charge in [0, 0.05) is 11.2 Å². The van der Waals surface area contributed by atoms with Crippen molar-refractivity contribution in [3.63, 3.8) is 0 Å². The number of carbonyl (C=O) groups excluding carboxylic acids is 1. The number of hydrogen-bond donors (Lipinski definition) is 0. The zero-order valence-corrected chi connectivity index (χ0v) is 22.8. The summed E-state index contributed by atoms with van der Waals surface area (Å²) in [6.45, 7) is 26.8. The molecule has 1 unspecified atom stereocenters. The monoisotopic (exact) mass is 433 g/mol. The van der Waals surface area contributed by atoms with E-state index in [0.29, 0.717) is 24.0 Å². The van der Waals surface area contributed by atoms with Gasteiger partial charge < -0.3 is 9.39 Å². The highest BCUT2D eigenvalue weighted by atomic mass is 16.5. The Bertz CT molecular complexity index is 581. The lowest BCUT2D eigenvalue weighted by molar-refractivity contribution is -0.138. The van der Waals surface area contributed by atoms with Gasteiger partial charge in [-0.15, -0.1) is 0 Å². The zero-order chi connectivity index (χ0) is 25.0. The van der Waals surface area contributed by atoms with Gasteiger partial charge in [0.05, 0.1) is 6.61 Å². The summed E-state index contributed by atoms with van der Waals surface area (Å²) in [5.41, 5.74) is 2.33. The van der Waals surface area contributed by atoms with Crippen molar-refractivity contribution in [2.45, 2.75) is 102 Å². The second-order valence-corrected chi connectivity index (χ2v) is 7.81. The predicted molar refractivity (Wildman–Crippen MR) is 139 cm³/mol. The average molecular weight is 434 g/mol. The van der Waals surface area contributed by atoms with E-state index in [0.717, 1.165) is 17.5 Å². The third-order valence-corrected chi connectivity index (χ3v) is 4.88. The van der Waals surface area contributed by atoms with Crippen LogP contribution in [0.1, 0.15) is 96.4 Å². The second kappa shape index (κ2) is 20.4. The molecule has 0 aromatic heterocycles.